The van der Waals surface area contributed by atoms with Crippen LogP contribution >= 0.6 is 11.3 Å². The Bertz CT molecular complexity index is 1130. The van der Waals surface area contributed by atoms with Crippen LogP contribution in [0.3, 0.4) is 0 Å². The first kappa shape index (κ1) is 26.4. The Morgan fingerprint density at radius 1 is 1.00 bits per heavy atom. The van der Waals surface area contributed by atoms with E-state index in [-0.39, 0.29) is 23.3 Å². The summed E-state index contributed by atoms with van der Waals surface area (Å²) in [6.07, 6.45) is 1.92. The number of carbonyl (C=O) groups is 1. The summed E-state index contributed by atoms with van der Waals surface area (Å²) in [7, 11) is -2.77. The van der Waals surface area contributed by atoms with Gasteiger partial charge in [-0.1, -0.05) is 81.4 Å². The van der Waals surface area contributed by atoms with Crippen LogP contribution in [0.5, 0.6) is 0 Å². The zero-order valence-electron chi connectivity index (χ0n) is 22.0. The number of amides is 1. The lowest BCUT2D eigenvalue weighted by molar-refractivity contribution is 0.0211. The molecule has 0 radical (unpaired) electrons. The van der Waals surface area contributed by atoms with Crippen molar-refractivity contribution in [1.29, 1.82) is 0 Å². The number of nitrogens with zero attached hydrogens (tertiary/aromatic N) is 2. The molecule has 1 aliphatic heterocycles. The molecule has 8 heteroatoms. The van der Waals surface area contributed by atoms with Crippen LogP contribution in [-0.2, 0) is 9.16 Å². The van der Waals surface area contributed by atoms with Crippen molar-refractivity contribution in [1.82, 2.24) is 9.88 Å². The number of thiazole rings is 1. The number of carbonyl (C=O) groups excluding carboxylic acids is 1. The minimum atomic E-state index is -2.77. The Labute approximate surface area is 219 Å². The van der Waals surface area contributed by atoms with Gasteiger partial charge in [0.2, 0.25) is 0 Å². The van der Waals surface area contributed by atoms with E-state index in [0.717, 1.165) is 4.88 Å². The van der Waals surface area contributed by atoms with E-state index in [2.05, 4.69) is 74.3 Å². The molecule has 2 N–H and O–H groups in total. The van der Waals surface area contributed by atoms with Gasteiger partial charge in [-0.05, 0) is 42.6 Å². The molecule has 1 saturated heterocycles. The van der Waals surface area contributed by atoms with E-state index in [9.17, 15) is 4.79 Å². The van der Waals surface area contributed by atoms with E-state index >= 15 is 0 Å². The quantitative estimate of drug-likeness (QED) is 0.456. The molecular formula is C28H37N3O3SSi. The number of hydrogen-bond acceptors (Lipinski definition) is 6. The van der Waals surface area contributed by atoms with Crippen LogP contribution in [0.1, 0.15) is 58.9 Å². The van der Waals surface area contributed by atoms with E-state index in [1.807, 2.05) is 32.9 Å². The predicted octanol–water partition coefficient (Wildman–Crippen LogP) is 5.35. The first-order valence-corrected chi connectivity index (χ1v) is 15.1. The Kier molecular flexibility index (Phi) is 7.32. The molecule has 4 rings (SSSR count). The van der Waals surface area contributed by atoms with Crippen LogP contribution in [0.15, 0.2) is 66.9 Å². The van der Waals surface area contributed by atoms with Gasteiger partial charge in [0.25, 0.3) is 8.32 Å². The molecule has 0 unspecified atom stereocenters. The van der Waals surface area contributed by atoms with Crippen molar-refractivity contribution in [3.63, 3.8) is 0 Å². The molecule has 1 aromatic heterocycles. The number of nitrogen functional groups attached to an aromatic ring is 1. The fraction of sp³-hybridized carbons (Fsp3) is 0.429. The number of aromatic nitrogens is 1. The van der Waals surface area contributed by atoms with Crippen molar-refractivity contribution in [2.75, 3.05) is 12.3 Å². The van der Waals surface area contributed by atoms with Crippen LogP contribution in [0.25, 0.3) is 0 Å². The Morgan fingerprint density at radius 2 is 1.56 bits per heavy atom. The molecule has 0 bridgehead atoms. The molecule has 0 saturated carbocycles. The SMILES string of the molecule is CC(C)(C)OC(=O)N1C[C@@H](O[Si](c2ccccc2)(c2ccccc2)C(C)(C)C)C[C@@H]1c1cnc(N)s1. The highest BCUT2D eigenvalue weighted by atomic mass is 32.1. The number of nitrogens with two attached hydrogens (primary N) is 1. The molecule has 0 aliphatic carbocycles. The fourth-order valence-corrected chi connectivity index (χ4v) is 10.6. The van der Waals surface area contributed by atoms with Gasteiger partial charge in [0.05, 0.1) is 12.1 Å². The van der Waals surface area contributed by atoms with Gasteiger partial charge in [0.15, 0.2) is 5.13 Å². The summed E-state index contributed by atoms with van der Waals surface area (Å²) < 4.78 is 13.1. The summed E-state index contributed by atoms with van der Waals surface area (Å²) in [5, 5.41) is 2.78. The van der Waals surface area contributed by atoms with E-state index < -0.39 is 13.9 Å². The van der Waals surface area contributed by atoms with Crippen LogP contribution in [0.2, 0.25) is 5.04 Å². The summed E-state index contributed by atoms with van der Waals surface area (Å²) in [6, 6.07) is 21.0. The smallest absolute Gasteiger partial charge is 0.410 e. The maximum absolute atomic E-state index is 13.3. The number of anilines is 1. The van der Waals surface area contributed by atoms with Crippen molar-refractivity contribution in [3.8, 4) is 0 Å². The number of benzene rings is 2. The molecule has 1 aliphatic rings. The van der Waals surface area contributed by atoms with Gasteiger partial charge in [-0.15, -0.1) is 11.3 Å². The Hall–Kier alpha value is -2.68. The lowest BCUT2D eigenvalue weighted by atomic mass is 10.2. The second-order valence-corrected chi connectivity index (χ2v) is 16.7. The lowest BCUT2D eigenvalue weighted by Crippen LogP contribution is -2.67. The second-order valence-electron chi connectivity index (χ2n) is 11.4. The van der Waals surface area contributed by atoms with Crippen molar-refractivity contribution >= 4 is 41.3 Å². The zero-order chi connectivity index (χ0) is 26.1. The minimum Gasteiger partial charge on any atom is -0.444 e. The van der Waals surface area contributed by atoms with Gasteiger partial charge in [0.1, 0.15) is 5.60 Å². The van der Waals surface area contributed by atoms with Gasteiger partial charge in [-0.25, -0.2) is 9.78 Å². The standard InChI is InChI=1S/C28H37N3O3SSi/c1-27(2,3)33-26(32)31-19-20(17-23(31)24-18-30-25(29)35-24)34-36(28(4,5)6,21-13-9-7-10-14-21)22-15-11-8-12-16-22/h7-16,18,20,23H,17,19H2,1-6H3,(H2,29,30)/t20-,23+/m0/s1. The summed E-state index contributed by atoms with van der Waals surface area (Å²) >= 11 is 1.42. The monoisotopic (exact) mass is 523 g/mol. The van der Waals surface area contributed by atoms with Gasteiger partial charge < -0.3 is 14.9 Å². The third-order valence-corrected chi connectivity index (χ3v) is 12.5. The summed E-state index contributed by atoms with van der Waals surface area (Å²) in [4.78, 5) is 20.3. The van der Waals surface area contributed by atoms with Crippen molar-refractivity contribution in [2.45, 2.75) is 70.7 Å². The van der Waals surface area contributed by atoms with Crippen LogP contribution < -0.4 is 16.1 Å². The first-order valence-electron chi connectivity index (χ1n) is 12.4. The van der Waals surface area contributed by atoms with Crippen molar-refractivity contribution in [2.24, 2.45) is 0 Å². The summed E-state index contributed by atoms with van der Waals surface area (Å²) in [5.41, 5.74) is 5.37. The van der Waals surface area contributed by atoms with E-state index in [1.165, 1.54) is 21.7 Å². The summed E-state index contributed by atoms with van der Waals surface area (Å²) in [5.74, 6) is 0. The van der Waals surface area contributed by atoms with Gasteiger partial charge >= 0.3 is 6.09 Å². The highest BCUT2D eigenvalue weighted by Gasteiger charge is 2.53. The normalized spacial score (nSPS) is 18.9. The number of likely N-dealkylation sites (tertiary alicyclic amines) is 1. The first-order chi connectivity index (χ1) is 16.9. The summed E-state index contributed by atoms with van der Waals surface area (Å²) in [6.45, 7) is 12.9. The third kappa shape index (κ3) is 5.35. The molecule has 1 fully saturated rings. The number of hydrogen-bond donors (Lipinski definition) is 1. The molecule has 2 atom stereocenters. The van der Waals surface area contributed by atoms with E-state index in [4.69, 9.17) is 14.9 Å². The molecule has 1 amide bonds. The van der Waals surface area contributed by atoms with E-state index in [0.29, 0.717) is 18.1 Å². The zero-order valence-corrected chi connectivity index (χ0v) is 23.8. The number of ether oxygens (including phenoxy) is 1. The molecule has 192 valence electrons. The highest BCUT2D eigenvalue weighted by Crippen LogP contribution is 2.42. The number of rotatable bonds is 5. The fourth-order valence-electron chi connectivity index (χ4n) is 5.07. The third-order valence-electron chi connectivity index (χ3n) is 6.52. The molecule has 2 aromatic carbocycles. The average molecular weight is 524 g/mol. The van der Waals surface area contributed by atoms with E-state index in [1.54, 1.807) is 11.1 Å². The second kappa shape index (κ2) is 9.99. The molecule has 3 aromatic rings. The lowest BCUT2D eigenvalue weighted by Gasteiger charge is -2.44. The average Bonchev–Trinajstić information content (AvgIpc) is 3.43. The largest absolute Gasteiger partial charge is 0.444 e. The van der Waals surface area contributed by atoms with Crippen LogP contribution in [0, 0.1) is 0 Å². The van der Waals surface area contributed by atoms with Crippen LogP contribution in [-0.4, -0.2) is 42.5 Å². The van der Waals surface area contributed by atoms with Gasteiger partial charge in [-0.2, -0.15) is 0 Å². The minimum absolute atomic E-state index is 0.153. The predicted molar refractivity (Wildman–Crippen MR) is 149 cm³/mol. The molecule has 2 heterocycles. The molecular weight excluding hydrogens is 486 g/mol. The van der Waals surface area contributed by atoms with Gasteiger partial charge in [-0.3, -0.25) is 4.90 Å². The topological polar surface area (TPSA) is 77.7 Å². The Morgan fingerprint density at radius 3 is 2.00 bits per heavy atom. The highest BCUT2D eigenvalue weighted by molar-refractivity contribution is 7.15. The maximum atomic E-state index is 13.3. The molecule has 6 nitrogen and oxygen atoms in total. The molecule has 0 spiro atoms. The van der Waals surface area contributed by atoms with Gasteiger partial charge in [0, 0.05) is 17.6 Å². The maximum Gasteiger partial charge on any atom is 0.410 e. The van der Waals surface area contributed by atoms with Crippen LogP contribution in [0.4, 0.5) is 9.93 Å². The molecule has 36 heavy (non-hydrogen) atoms. The Balaban J connectivity index is 1.76. The van der Waals surface area contributed by atoms with Crippen molar-refractivity contribution in [3.05, 3.63) is 71.7 Å². The van der Waals surface area contributed by atoms with Crippen molar-refractivity contribution < 1.29 is 14.0 Å².